The molecule has 2 heterocycles. The molecule has 0 radical (unpaired) electrons. The molecule has 1 amide bonds. The molecule has 0 bridgehead atoms. The Bertz CT molecular complexity index is 1060. The minimum Gasteiger partial charge on any atom is -0.393 e. The van der Waals surface area contributed by atoms with Crippen molar-refractivity contribution in [2.45, 2.75) is 51.2 Å². The van der Waals surface area contributed by atoms with E-state index in [9.17, 15) is 9.90 Å². The number of amides is 1. The second-order valence-corrected chi connectivity index (χ2v) is 7.63. The summed E-state index contributed by atoms with van der Waals surface area (Å²) < 4.78 is 0. The molecule has 5 N–H and O–H groups in total. The Morgan fingerprint density at radius 2 is 1.93 bits per heavy atom. The Kier molecular flexibility index (Phi) is 5.76. The van der Waals surface area contributed by atoms with E-state index in [0.717, 1.165) is 36.6 Å². The van der Waals surface area contributed by atoms with Crippen molar-refractivity contribution in [1.82, 2.24) is 15.0 Å². The molecule has 0 atom stereocenters. The maximum Gasteiger partial charge on any atom is 0.271 e. The lowest BCUT2D eigenvalue weighted by Gasteiger charge is -2.27. The normalized spacial score (nSPS) is 18.9. The molecule has 1 fully saturated rings. The number of para-hydroxylation sites is 1. The lowest BCUT2D eigenvalue weighted by Crippen LogP contribution is -2.29. The molecular formula is C22H26N6O2. The van der Waals surface area contributed by atoms with E-state index < -0.39 is 5.91 Å². The number of hydrogen-bond acceptors (Lipinski definition) is 7. The SMILES string of the molecule is CCc1nc(C(N)=O)c(Nc2cnc3ccccc3c2)nc1N[C@H]1CC[C@H](O)CC1. The van der Waals surface area contributed by atoms with Gasteiger partial charge in [0, 0.05) is 11.4 Å². The van der Waals surface area contributed by atoms with Gasteiger partial charge in [0.15, 0.2) is 11.5 Å². The van der Waals surface area contributed by atoms with Crippen LogP contribution < -0.4 is 16.4 Å². The van der Waals surface area contributed by atoms with E-state index in [2.05, 4.69) is 25.6 Å². The summed E-state index contributed by atoms with van der Waals surface area (Å²) in [6.45, 7) is 1.96. The number of nitrogens with two attached hydrogens (primary N) is 1. The van der Waals surface area contributed by atoms with E-state index >= 15 is 0 Å². The van der Waals surface area contributed by atoms with E-state index in [1.807, 2.05) is 37.3 Å². The minimum absolute atomic E-state index is 0.102. The number of primary amides is 1. The minimum atomic E-state index is -0.638. The van der Waals surface area contributed by atoms with Gasteiger partial charge in [-0.05, 0) is 44.2 Å². The first kappa shape index (κ1) is 20.0. The van der Waals surface area contributed by atoms with Gasteiger partial charge in [-0.3, -0.25) is 9.78 Å². The zero-order chi connectivity index (χ0) is 21.1. The Morgan fingerprint density at radius 3 is 2.67 bits per heavy atom. The third-order valence-corrected chi connectivity index (χ3v) is 5.43. The van der Waals surface area contributed by atoms with Crippen LogP contribution in [0, 0.1) is 0 Å². The van der Waals surface area contributed by atoms with Gasteiger partial charge in [-0.2, -0.15) is 0 Å². The highest BCUT2D eigenvalue weighted by Crippen LogP contribution is 2.27. The topological polar surface area (TPSA) is 126 Å². The van der Waals surface area contributed by atoms with Crippen LogP contribution in [0.15, 0.2) is 36.5 Å². The fourth-order valence-corrected chi connectivity index (χ4v) is 3.78. The van der Waals surface area contributed by atoms with E-state index in [0.29, 0.717) is 29.4 Å². The number of hydrogen-bond donors (Lipinski definition) is 4. The number of nitrogens with one attached hydrogen (secondary N) is 2. The van der Waals surface area contributed by atoms with Crippen molar-refractivity contribution in [3.63, 3.8) is 0 Å². The highest BCUT2D eigenvalue weighted by molar-refractivity contribution is 5.97. The molecular weight excluding hydrogens is 380 g/mol. The monoisotopic (exact) mass is 406 g/mol. The molecule has 1 aromatic carbocycles. The number of aryl methyl sites for hydroxylation is 1. The number of benzene rings is 1. The molecule has 1 aliphatic carbocycles. The van der Waals surface area contributed by atoms with Crippen molar-refractivity contribution in [2.24, 2.45) is 5.73 Å². The summed E-state index contributed by atoms with van der Waals surface area (Å²) in [6.07, 6.45) is 5.33. The number of anilines is 3. The molecule has 0 saturated heterocycles. The molecule has 1 aliphatic rings. The molecule has 156 valence electrons. The number of aliphatic hydroxyl groups is 1. The van der Waals surface area contributed by atoms with Crippen LogP contribution >= 0.6 is 0 Å². The standard InChI is InChI=1S/C22H26N6O2/c1-2-17-21(25-14-7-9-16(29)10-8-14)28-22(19(27-17)20(23)30)26-15-11-13-5-3-4-6-18(13)24-12-15/h3-6,11-12,14,16,29H,2,7-10H2,1H3,(H2,23,30)(H2,25,26,28)/t14-,16-. The van der Waals surface area contributed by atoms with Crippen LogP contribution in [0.25, 0.3) is 10.9 Å². The fraction of sp³-hybridized carbons (Fsp3) is 0.364. The number of carbonyl (C=O) groups excluding carboxylic acids is 1. The molecule has 1 saturated carbocycles. The van der Waals surface area contributed by atoms with Gasteiger partial charge in [-0.1, -0.05) is 25.1 Å². The number of pyridine rings is 1. The zero-order valence-electron chi connectivity index (χ0n) is 16.9. The van der Waals surface area contributed by atoms with Gasteiger partial charge in [0.05, 0.1) is 29.2 Å². The van der Waals surface area contributed by atoms with Crippen molar-refractivity contribution in [3.05, 3.63) is 47.9 Å². The molecule has 8 heteroatoms. The Balaban J connectivity index is 1.66. The van der Waals surface area contributed by atoms with Crippen molar-refractivity contribution in [1.29, 1.82) is 0 Å². The first-order chi connectivity index (χ1) is 14.5. The average molecular weight is 406 g/mol. The highest BCUT2D eigenvalue weighted by atomic mass is 16.3. The van der Waals surface area contributed by atoms with Gasteiger partial charge in [-0.25, -0.2) is 9.97 Å². The van der Waals surface area contributed by atoms with Crippen LogP contribution in [0.4, 0.5) is 17.3 Å². The maximum absolute atomic E-state index is 12.0. The number of aromatic nitrogens is 3. The predicted octanol–water partition coefficient (Wildman–Crippen LogP) is 3.15. The van der Waals surface area contributed by atoms with Crippen LogP contribution in [-0.4, -0.2) is 38.1 Å². The largest absolute Gasteiger partial charge is 0.393 e. The number of rotatable bonds is 6. The number of fused-ring (bicyclic) bond motifs is 1. The molecule has 8 nitrogen and oxygen atoms in total. The molecule has 3 aromatic rings. The first-order valence-electron chi connectivity index (χ1n) is 10.3. The Morgan fingerprint density at radius 1 is 1.17 bits per heavy atom. The van der Waals surface area contributed by atoms with E-state index in [-0.39, 0.29) is 17.8 Å². The van der Waals surface area contributed by atoms with Crippen molar-refractivity contribution in [3.8, 4) is 0 Å². The highest BCUT2D eigenvalue weighted by Gasteiger charge is 2.23. The Hall–Kier alpha value is -3.26. The van der Waals surface area contributed by atoms with Crippen molar-refractivity contribution >= 4 is 34.1 Å². The van der Waals surface area contributed by atoms with Crippen LogP contribution in [0.3, 0.4) is 0 Å². The number of nitrogens with zero attached hydrogens (tertiary/aromatic N) is 3. The third-order valence-electron chi connectivity index (χ3n) is 5.43. The lowest BCUT2D eigenvalue weighted by molar-refractivity contribution is 0.0996. The summed E-state index contributed by atoms with van der Waals surface area (Å²) in [5.41, 5.74) is 7.96. The second kappa shape index (κ2) is 8.62. The predicted molar refractivity (Wildman–Crippen MR) is 117 cm³/mol. The summed E-state index contributed by atoms with van der Waals surface area (Å²) in [6, 6.07) is 9.94. The van der Waals surface area contributed by atoms with E-state index in [4.69, 9.17) is 5.73 Å². The first-order valence-corrected chi connectivity index (χ1v) is 10.3. The average Bonchev–Trinajstić information content (AvgIpc) is 2.75. The summed E-state index contributed by atoms with van der Waals surface area (Å²) in [5.74, 6) is 0.302. The molecule has 0 aliphatic heterocycles. The second-order valence-electron chi connectivity index (χ2n) is 7.63. The smallest absolute Gasteiger partial charge is 0.271 e. The Labute approximate surface area is 175 Å². The number of aliphatic hydroxyl groups excluding tert-OH is 1. The van der Waals surface area contributed by atoms with Crippen LogP contribution in [0.5, 0.6) is 0 Å². The summed E-state index contributed by atoms with van der Waals surface area (Å²) in [5, 5.41) is 17.3. The van der Waals surface area contributed by atoms with Gasteiger partial charge in [0.2, 0.25) is 0 Å². The summed E-state index contributed by atoms with van der Waals surface area (Å²) >= 11 is 0. The van der Waals surface area contributed by atoms with Gasteiger partial charge < -0.3 is 21.5 Å². The summed E-state index contributed by atoms with van der Waals surface area (Å²) in [4.78, 5) is 25.7. The molecule has 0 unspecified atom stereocenters. The van der Waals surface area contributed by atoms with Crippen LogP contribution in [0.1, 0.15) is 48.8 Å². The molecule has 2 aromatic heterocycles. The maximum atomic E-state index is 12.0. The van der Waals surface area contributed by atoms with Crippen molar-refractivity contribution < 1.29 is 9.90 Å². The van der Waals surface area contributed by atoms with Gasteiger partial charge >= 0.3 is 0 Å². The van der Waals surface area contributed by atoms with Gasteiger partial charge in [-0.15, -0.1) is 0 Å². The molecule has 0 spiro atoms. The zero-order valence-corrected chi connectivity index (χ0v) is 16.9. The summed E-state index contributed by atoms with van der Waals surface area (Å²) in [7, 11) is 0. The number of carbonyl (C=O) groups is 1. The van der Waals surface area contributed by atoms with E-state index in [1.54, 1.807) is 6.20 Å². The lowest BCUT2D eigenvalue weighted by atomic mass is 9.93. The fourth-order valence-electron chi connectivity index (χ4n) is 3.78. The quantitative estimate of drug-likeness (QED) is 0.495. The van der Waals surface area contributed by atoms with Crippen LogP contribution in [-0.2, 0) is 6.42 Å². The van der Waals surface area contributed by atoms with Gasteiger partial charge in [0.1, 0.15) is 5.82 Å². The third kappa shape index (κ3) is 4.33. The van der Waals surface area contributed by atoms with Crippen molar-refractivity contribution in [2.75, 3.05) is 10.6 Å². The van der Waals surface area contributed by atoms with Crippen LogP contribution in [0.2, 0.25) is 0 Å². The molecule has 30 heavy (non-hydrogen) atoms. The van der Waals surface area contributed by atoms with E-state index in [1.165, 1.54) is 0 Å². The van der Waals surface area contributed by atoms with Gasteiger partial charge in [0.25, 0.3) is 5.91 Å². The molecule has 4 rings (SSSR count).